The van der Waals surface area contributed by atoms with Crippen LogP contribution in [0.3, 0.4) is 0 Å². The average Bonchev–Trinajstić information content (AvgIpc) is 2.94. The number of nitrogens with zero attached hydrogens (tertiary/aromatic N) is 2. The minimum Gasteiger partial charge on any atom is -0.443 e. The van der Waals surface area contributed by atoms with Crippen LogP contribution in [0.25, 0.3) is 10.4 Å². The average molecular weight is 347 g/mol. The second-order valence-corrected chi connectivity index (χ2v) is 6.96. The smallest absolute Gasteiger partial charge is 0.428 e. The van der Waals surface area contributed by atoms with Crippen LogP contribution < -0.4 is 5.43 Å². The Kier molecular flexibility index (Phi) is 5.30. The molecule has 1 aromatic heterocycles. The number of hydrogen-bond acceptors (Lipinski definition) is 6. The van der Waals surface area contributed by atoms with Crippen LogP contribution in [0.5, 0.6) is 0 Å². The summed E-state index contributed by atoms with van der Waals surface area (Å²) in [6.45, 7) is 5.28. The summed E-state index contributed by atoms with van der Waals surface area (Å²) in [6, 6.07) is 10.1. The first kappa shape index (κ1) is 17.6. The number of ether oxygens (including phenoxy) is 1. The third kappa shape index (κ3) is 4.88. The number of carbonyl (C=O) groups is 1. The maximum absolute atomic E-state index is 11.5. The lowest BCUT2D eigenvalue weighted by Gasteiger charge is -2.18. The number of hydrazone groups is 1. The third-order valence-corrected chi connectivity index (χ3v) is 3.79. The molecule has 0 radical (unpaired) electrons. The Hall–Kier alpha value is -2.74. The highest BCUT2D eigenvalue weighted by atomic mass is 32.1. The zero-order valence-corrected chi connectivity index (χ0v) is 14.3. The van der Waals surface area contributed by atoms with Crippen molar-refractivity contribution in [1.29, 1.82) is 0 Å². The molecule has 24 heavy (non-hydrogen) atoms. The summed E-state index contributed by atoms with van der Waals surface area (Å²) < 4.78 is 5.06. The zero-order chi connectivity index (χ0) is 17.7. The van der Waals surface area contributed by atoms with Crippen molar-refractivity contribution in [1.82, 2.24) is 5.43 Å². The second-order valence-electron chi connectivity index (χ2n) is 5.85. The lowest BCUT2D eigenvalue weighted by Crippen LogP contribution is -2.29. The van der Waals surface area contributed by atoms with Crippen molar-refractivity contribution in [3.63, 3.8) is 0 Å². The van der Waals surface area contributed by atoms with E-state index in [1.165, 1.54) is 23.6 Å². The number of thiophene rings is 1. The first-order chi connectivity index (χ1) is 11.3. The van der Waals surface area contributed by atoms with Crippen molar-refractivity contribution in [2.75, 3.05) is 0 Å². The van der Waals surface area contributed by atoms with Crippen molar-refractivity contribution in [3.8, 4) is 10.4 Å². The monoisotopic (exact) mass is 347 g/mol. The van der Waals surface area contributed by atoms with Gasteiger partial charge in [0.15, 0.2) is 0 Å². The molecule has 0 aliphatic heterocycles. The summed E-state index contributed by atoms with van der Waals surface area (Å²) >= 11 is 1.34. The van der Waals surface area contributed by atoms with Crippen LogP contribution in [0.2, 0.25) is 0 Å². The molecule has 126 valence electrons. The minimum absolute atomic E-state index is 0.0507. The van der Waals surface area contributed by atoms with Crippen LogP contribution in [-0.4, -0.2) is 22.8 Å². The SMILES string of the molecule is CC(C)(C)OC(=O)N/N=C/c1ccc(-c2ccccc2[N+](=O)[O-])s1. The molecule has 0 saturated heterocycles. The Balaban J connectivity index is 2.08. The number of amides is 1. The number of carbonyl (C=O) groups excluding carboxylic acids is 1. The predicted octanol–water partition coefficient (Wildman–Crippen LogP) is 4.18. The molecule has 0 fully saturated rings. The predicted molar refractivity (Wildman–Crippen MR) is 93.4 cm³/mol. The number of benzene rings is 1. The Morgan fingerprint density at radius 1 is 1.29 bits per heavy atom. The first-order valence-electron chi connectivity index (χ1n) is 7.12. The second kappa shape index (κ2) is 7.22. The Bertz CT molecular complexity index is 778. The van der Waals surface area contributed by atoms with E-state index in [9.17, 15) is 14.9 Å². The minimum atomic E-state index is -0.644. The van der Waals surface area contributed by atoms with E-state index < -0.39 is 16.6 Å². The molecule has 0 saturated carbocycles. The van der Waals surface area contributed by atoms with Gasteiger partial charge in [0.1, 0.15) is 5.60 Å². The van der Waals surface area contributed by atoms with Crippen LogP contribution in [0, 0.1) is 10.1 Å². The van der Waals surface area contributed by atoms with Crippen molar-refractivity contribution in [3.05, 3.63) is 51.4 Å². The molecule has 0 bridgehead atoms. The number of hydrogen-bond donors (Lipinski definition) is 1. The fourth-order valence-corrected chi connectivity index (χ4v) is 2.77. The highest BCUT2D eigenvalue weighted by Gasteiger charge is 2.16. The molecule has 1 aromatic carbocycles. The van der Waals surface area contributed by atoms with Gasteiger partial charge >= 0.3 is 6.09 Å². The largest absolute Gasteiger partial charge is 0.443 e. The first-order valence-corrected chi connectivity index (χ1v) is 7.93. The van der Waals surface area contributed by atoms with Crippen molar-refractivity contribution >= 4 is 29.3 Å². The summed E-state index contributed by atoms with van der Waals surface area (Å²) in [7, 11) is 0. The molecule has 0 aliphatic carbocycles. The van der Waals surface area contributed by atoms with Crippen LogP contribution in [-0.2, 0) is 4.74 Å². The number of rotatable bonds is 4. The maximum Gasteiger partial charge on any atom is 0.428 e. The van der Waals surface area contributed by atoms with E-state index in [1.54, 1.807) is 51.1 Å². The molecule has 2 aromatic rings. The fourth-order valence-electron chi connectivity index (χ4n) is 1.86. The summed E-state index contributed by atoms with van der Waals surface area (Å²) in [5.41, 5.74) is 2.28. The van der Waals surface area contributed by atoms with E-state index in [0.29, 0.717) is 5.56 Å². The van der Waals surface area contributed by atoms with Gasteiger partial charge in [-0.05, 0) is 39.0 Å². The zero-order valence-electron chi connectivity index (χ0n) is 13.5. The van der Waals surface area contributed by atoms with Gasteiger partial charge in [0.05, 0.1) is 16.7 Å². The van der Waals surface area contributed by atoms with Gasteiger partial charge in [-0.2, -0.15) is 5.10 Å². The highest BCUT2D eigenvalue weighted by molar-refractivity contribution is 7.17. The molecule has 0 aliphatic rings. The summed E-state index contributed by atoms with van der Waals surface area (Å²) in [5.74, 6) is 0. The fraction of sp³-hybridized carbons (Fsp3) is 0.250. The van der Waals surface area contributed by atoms with Gasteiger partial charge in [0, 0.05) is 15.8 Å². The van der Waals surface area contributed by atoms with E-state index in [1.807, 2.05) is 0 Å². The van der Waals surface area contributed by atoms with Gasteiger partial charge in [0.25, 0.3) is 5.69 Å². The van der Waals surface area contributed by atoms with Crippen LogP contribution in [0.15, 0.2) is 41.5 Å². The Labute approximate surface area is 143 Å². The Morgan fingerprint density at radius 3 is 2.67 bits per heavy atom. The van der Waals surface area contributed by atoms with Gasteiger partial charge in [-0.1, -0.05) is 12.1 Å². The summed E-state index contributed by atoms with van der Waals surface area (Å²) in [5, 5.41) is 14.9. The van der Waals surface area contributed by atoms with E-state index in [0.717, 1.165) is 9.75 Å². The van der Waals surface area contributed by atoms with E-state index in [2.05, 4.69) is 10.5 Å². The van der Waals surface area contributed by atoms with Gasteiger partial charge in [-0.3, -0.25) is 10.1 Å². The third-order valence-electron chi connectivity index (χ3n) is 2.74. The van der Waals surface area contributed by atoms with Gasteiger partial charge in [-0.25, -0.2) is 10.2 Å². The molecule has 8 heteroatoms. The lowest BCUT2D eigenvalue weighted by molar-refractivity contribution is -0.384. The number of nitrogens with one attached hydrogen (secondary N) is 1. The Morgan fingerprint density at radius 2 is 2.00 bits per heavy atom. The topological polar surface area (TPSA) is 93.8 Å². The number of nitro benzene ring substituents is 1. The molecule has 1 amide bonds. The molecule has 7 nitrogen and oxygen atoms in total. The maximum atomic E-state index is 11.5. The van der Waals surface area contributed by atoms with Gasteiger partial charge in [0.2, 0.25) is 0 Å². The highest BCUT2D eigenvalue weighted by Crippen LogP contribution is 2.34. The van der Waals surface area contributed by atoms with Crippen LogP contribution in [0.4, 0.5) is 10.5 Å². The van der Waals surface area contributed by atoms with Crippen LogP contribution in [0.1, 0.15) is 25.6 Å². The standard InChI is InChI=1S/C16H17N3O4S/c1-16(2,3)23-15(20)18-17-10-11-8-9-14(24-11)12-6-4-5-7-13(12)19(21)22/h4-10H,1-3H3,(H,18,20)/b17-10+. The molecular weight excluding hydrogens is 330 g/mol. The van der Waals surface area contributed by atoms with Gasteiger partial charge < -0.3 is 4.74 Å². The molecular formula is C16H17N3O4S. The quantitative estimate of drug-likeness (QED) is 0.510. The normalized spacial score (nSPS) is 11.5. The number of nitro groups is 1. The van der Waals surface area contributed by atoms with E-state index >= 15 is 0 Å². The molecule has 1 N–H and O–H groups in total. The lowest BCUT2D eigenvalue weighted by atomic mass is 10.1. The van der Waals surface area contributed by atoms with E-state index in [4.69, 9.17) is 4.74 Å². The molecule has 0 atom stereocenters. The van der Waals surface area contributed by atoms with Gasteiger partial charge in [-0.15, -0.1) is 11.3 Å². The molecule has 0 spiro atoms. The van der Waals surface area contributed by atoms with Crippen molar-refractivity contribution in [2.45, 2.75) is 26.4 Å². The summed E-state index contributed by atoms with van der Waals surface area (Å²) in [6.07, 6.45) is 0.821. The molecule has 0 unspecified atom stereocenters. The van der Waals surface area contributed by atoms with E-state index in [-0.39, 0.29) is 5.69 Å². The van der Waals surface area contributed by atoms with Crippen LogP contribution >= 0.6 is 11.3 Å². The van der Waals surface area contributed by atoms with Crippen molar-refractivity contribution < 1.29 is 14.5 Å². The molecule has 1 heterocycles. The van der Waals surface area contributed by atoms with Crippen molar-refractivity contribution in [2.24, 2.45) is 5.10 Å². The molecule has 2 rings (SSSR count). The summed E-state index contributed by atoms with van der Waals surface area (Å²) in [4.78, 5) is 23.7. The number of para-hydroxylation sites is 1.